The van der Waals surface area contributed by atoms with Crippen LogP contribution >= 0.6 is 0 Å². The van der Waals surface area contributed by atoms with E-state index in [9.17, 15) is 4.79 Å². The summed E-state index contributed by atoms with van der Waals surface area (Å²) in [5, 5.41) is 2.94. The van der Waals surface area contributed by atoms with Crippen molar-refractivity contribution in [2.45, 2.75) is 26.3 Å². The third-order valence-corrected chi connectivity index (χ3v) is 2.20. The van der Waals surface area contributed by atoms with Crippen LogP contribution in [0.1, 0.15) is 20.3 Å². The van der Waals surface area contributed by atoms with Crippen LogP contribution in [-0.4, -0.2) is 44.0 Å². The summed E-state index contributed by atoms with van der Waals surface area (Å²) < 4.78 is 0. The Balaban J connectivity index is 3.71. The van der Waals surface area contributed by atoms with Gasteiger partial charge in [0.15, 0.2) is 0 Å². The van der Waals surface area contributed by atoms with Crippen molar-refractivity contribution in [3.8, 4) is 0 Å². The van der Waals surface area contributed by atoms with Crippen molar-refractivity contribution in [1.82, 2.24) is 10.2 Å². The molecule has 14 heavy (non-hydrogen) atoms. The Morgan fingerprint density at radius 1 is 1.43 bits per heavy atom. The van der Waals surface area contributed by atoms with Crippen molar-refractivity contribution in [2.75, 3.05) is 27.2 Å². The fourth-order valence-corrected chi connectivity index (χ4v) is 1.02. The third kappa shape index (κ3) is 5.94. The molecular formula is C10H23N3O. The molecule has 0 radical (unpaired) electrons. The molecule has 84 valence electrons. The van der Waals surface area contributed by atoms with Gasteiger partial charge in [0.1, 0.15) is 0 Å². The number of nitrogens with zero attached hydrogens (tertiary/aromatic N) is 1. The summed E-state index contributed by atoms with van der Waals surface area (Å²) in [5.41, 5.74) is 5.40. The van der Waals surface area contributed by atoms with Crippen LogP contribution in [0.3, 0.4) is 0 Å². The SMILES string of the molecule is CC(CCN(C)C)NC(=O)C(C)CN. The Bertz CT molecular complexity index is 171. The average molecular weight is 201 g/mol. The van der Waals surface area contributed by atoms with Gasteiger partial charge in [-0.3, -0.25) is 4.79 Å². The number of amides is 1. The average Bonchev–Trinajstić information content (AvgIpc) is 2.13. The zero-order chi connectivity index (χ0) is 11.1. The molecule has 0 bridgehead atoms. The molecule has 0 aromatic carbocycles. The third-order valence-electron chi connectivity index (χ3n) is 2.20. The van der Waals surface area contributed by atoms with Crippen LogP contribution in [0.4, 0.5) is 0 Å². The van der Waals surface area contributed by atoms with Crippen LogP contribution in [0.25, 0.3) is 0 Å². The van der Waals surface area contributed by atoms with E-state index in [1.54, 1.807) is 0 Å². The smallest absolute Gasteiger partial charge is 0.224 e. The van der Waals surface area contributed by atoms with Crippen molar-refractivity contribution < 1.29 is 4.79 Å². The van der Waals surface area contributed by atoms with Crippen LogP contribution in [0.5, 0.6) is 0 Å². The molecule has 0 aliphatic rings. The van der Waals surface area contributed by atoms with Gasteiger partial charge in [0, 0.05) is 18.5 Å². The maximum atomic E-state index is 11.4. The molecule has 0 saturated heterocycles. The first-order valence-electron chi connectivity index (χ1n) is 5.12. The lowest BCUT2D eigenvalue weighted by Gasteiger charge is -2.18. The van der Waals surface area contributed by atoms with Gasteiger partial charge in [-0.2, -0.15) is 0 Å². The second-order valence-electron chi connectivity index (χ2n) is 4.14. The second-order valence-corrected chi connectivity index (χ2v) is 4.14. The fourth-order valence-electron chi connectivity index (χ4n) is 1.02. The molecule has 0 heterocycles. The molecule has 0 aromatic heterocycles. The molecule has 0 aliphatic heterocycles. The Morgan fingerprint density at radius 3 is 2.43 bits per heavy atom. The number of carbonyl (C=O) groups is 1. The highest BCUT2D eigenvalue weighted by molar-refractivity contribution is 5.78. The van der Waals surface area contributed by atoms with Gasteiger partial charge in [0.25, 0.3) is 0 Å². The summed E-state index contributed by atoms with van der Waals surface area (Å²) in [6, 6.07) is 0.221. The first kappa shape index (κ1) is 13.4. The molecule has 4 heteroatoms. The van der Waals surface area contributed by atoms with E-state index in [4.69, 9.17) is 5.73 Å². The summed E-state index contributed by atoms with van der Waals surface area (Å²) in [7, 11) is 4.05. The molecule has 0 aliphatic carbocycles. The van der Waals surface area contributed by atoms with E-state index < -0.39 is 0 Å². The topological polar surface area (TPSA) is 58.4 Å². The highest BCUT2D eigenvalue weighted by Gasteiger charge is 2.13. The molecule has 4 nitrogen and oxygen atoms in total. The van der Waals surface area contributed by atoms with Gasteiger partial charge in [-0.15, -0.1) is 0 Å². The minimum Gasteiger partial charge on any atom is -0.353 e. The number of rotatable bonds is 6. The molecule has 1 amide bonds. The number of nitrogens with one attached hydrogen (secondary N) is 1. The van der Waals surface area contributed by atoms with E-state index in [0.717, 1.165) is 13.0 Å². The number of hydrogen-bond acceptors (Lipinski definition) is 3. The van der Waals surface area contributed by atoms with Crippen molar-refractivity contribution in [1.29, 1.82) is 0 Å². The maximum Gasteiger partial charge on any atom is 0.224 e. The van der Waals surface area contributed by atoms with E-state index in [1.807, 2.05) is 27.9 Å². The van der Waals surface area contributed by atoms with Crippen LogP contribution in [-0.2, 0) is 4.79 Å². The lowest BCUT2D eigenvalue weighted by Crippen LogP contribution is -2.39. The van der Waals surface area contributed by atoms with Crippen LogP contribution in [0, 0.1) is 5.92 Å². The van der Waals surface area contributed by atoms with Crippen LogP contribution < -0.4 is 11.1 Å². The van der Waals surface area contributed by atoms with Crippen molar-refractivity contribution in [3.63, 3.8) is 0 Å². The Morgan fingerprint density at radius 2 is 2.00 bits per heavy atom. The summed E-state index contributed by atoms with van der Waals surface area (Å²) in [4.78, 5) is 13.5. The largest absolute Gasteiger partial charge is 0.353 e. The summed E-state index contributed by atoms with van der Waals surface area (Å²) in [6.45, 7) is 5.25. The number of hydrogen-bond donors (Lipinski definition) is 2. The summed E-state index contributed by atoms with van der Waals surface area (Å²) in [6.07, 6.45) is 0.968. The molecule has 0 rings (SSSR count). The van der Waals surface area contributed by atoms with Crippen molar-refractivity contribution in [3.05, 3.63) is 0 Å². The normalized spacial score (nSPS) is 15.3. The van der Waals surface area contributed by atoms with Gasteiger partial charge in [-0.05, 0) is 34.0 Å². The van der Waals surface area contributed by atoms with Gasteiger partial charge in [0.05, 0.1) is 0 Å². The summed E-state index contributed by atoms with van der Waals surface area (Å²) in [5.74, 6) is -0.0319. The molecule has 2 unspecified atom stereocenters. The van der Waals surface area contributed by atoms with E-state index in [1.165, 1.54) is 0 Å². The quantitative estimate of drug-likeness (QED) is 0.638. The lowest BCUT2D eigenvalue weighted by atomic mass is 10.1. The monoisotopic (exact) mass is 201 g/mol. The zero-order valence-corrected chi connectivity index (χ0v) is 9.71. The van der Waals surface area contributed by atoms with E-state index in [-0.39, 0.29) is 17.9 Å². The number of carbonyl (C=O) groups excluding carboxylic acids is 1. The van der Waals surface area contributed by atoms with Gasteiger partial charge < -0.3 is 16.0 Å². The Labute approximate surface area is 86.8 Å². The lowest BCUT2D eigenvalue weighted by molar-refractivity contribution is -0.124. The van der Waals surface area contributed by atoms with Crippen LogP contribution in [0.15, 0.2) is 0 Å². The molecule has 3 N–H and O–H groups in total. The van der Waals surface area contributed by atoms with E-state index >= 15 is 0 Å². The fraction of sp³-hybridized carbons (Fsp3) is 0.900. The molecule has 0 aromatic rings. The van der Waals surface area contributed by atoms with Crippen molar-refractivity contribution in [2.24, 2.45) is 11.7 Å². The Kier molecular flexibility index (Phi) is 6.49. The highest BCUT2D eigenvalue weighted by Crippen LogP contribution is 1.96. The van der Waals surface area contributed by atoms with Gasteiger partial charge in [0.2, 0.25) is 5.91 Å². The predicted molar refractivity (Wildman–Crippen MR) is 59.0 cm³/mol. The van der Waals surface area contributed by atoms with Gasteiger partial charge in [-0.25, -0.2) is 0 Å². The standard InChI is InChI=1S/C10H23N3O/c1-8(7-11)10(14)12-9(2)5-6-13(3)4/h8-9H,5-7,11H2,1-4H3,(H,12,14). The molecule has 0 saturated carbocycles. The molecule has 2 atom stereocenters. The summed E-state index contributed by atoms with van der Waals surface area (Å²) >= 11 is 0. The van der Waals surface area contributed by atoms with Gasteiger partial charge in [-0.1, -0.05) is 6.92 Å². The van der Waals surface area contributed by atoms with Gasteiger partial charge >= 0.3 is 0 Å². The van der Waals surface area contributed by atoms with Crippen molar-refractivity contribution >= 4 is 5.91 Å². The zero-order valence-electron chi connectivity index (χ0n) is 9.71. The van der Waals surface area contributed by atoms with E-state index in [0.29, 0.717) is 6.54 Å². The second kappa shape index (κ2) is 6.79. The molecule has 0 spiro atoms. The maximum absolute atomic E-state index is 11.4. The Hall–Kier alpha value is -0.610. The minimum atomic E-state index is -0.0863. The molecule has 0 fully saturated rings. The predicted octanol–water partition coefficient (Wildman–Crippen LogP) is 0.0376. The molecular weight excluding hydrogens is 178 g/mol. The number of nitrogens with two attached hydrogens (primary N) is 1. The van der Waals surface area contributed by atoms with E-state index in [2.05, 4.69) is 10.2 Å². The minimum absolute atomic E-state index is 0.0544. The first-order valence-corrected chi connectivity index (χ1v) is 5.12. The van der Waals surface area contributed by atoms with Crippen LogP contribution in [0.2, 0.25) is 0 Å². The first-order chi connectivity index (χ1) is 6.47. The highest BCUT2D eigenvalue weighted by atomic mass is 16.1.